The van der Waals surface area contributed by atoms with Gasteiger partial charge in [0.05, 0.1) is 0 Å². The molecule has 8 nitrogen and oxygen atoms in total. The fourth-order valence-corrected chi connectivity index (χ4v) is 2.90. The highest BCUT2D eigenvalue weighted by Crippen LogP contribution is 2.08. The first-order chi connectivity index (χ1) is 12.1. The first-order valence-corrected chi connectivity index (χ1v) is 9.56. The van der Waals surface area contributed by atoms with Gasteiger partial charge in [-0.15, -0.1) is 0 Å². The number of nitrogens with two attached hydrogens (primary N) is 1. The van der Waals surface area contributed by atoms with Crippen LogP contribution < -0.4 is 21.7 Å². The smallest absolute Gasteiger partial charge is 0.324 e. The molecule has 0 aliphatic carbocycles. The first-order valence-electron chi connectivity index (χ1n) is 9.56. The molecule has 2 amide bonds. The Labute approximate surface area is 151 Å². The number of nitrogens with one attached hydrogen (secondary N) is 5. The van der Waals surface area contributed by atoms with Crippen LogP contribution in [0.2, 0.25) is 0 Å². The molecule has 7 N–H and O–H groups in total. The van der Waals surface area contributed by atoms with Gasteiger partial charge >= 0.3 is 6.03 Å². The molecule has 1 aliphatic rings. The van der Waals surface area contributed by atoms with Crippen LogP contribution in [-0.4, -0.2) is 49.0 Å². The zero-order valence-corrected chi connectivity index (χ0v) is 15.3. The highest BCUT2D eigenvalue weighted by molar-refractivity contribution is 5.94. The van der Waals surface area contributed by atoms with Gasteiger partial charge in [-0.1, -0.05) is 38.5 Å². The van der Waals surface area contributed by atoms with Gasteiger partial charge in [0.2, 0.25) is 0 Å². The van der Waals surface area contributed by atoms with Crippen molar-refractivity contribution in [2.75, 3.05) is 26.2 Å². The van der Waals surface area contributed by atoms with Crippen molar-refractivity contribution in [2.24, 2.45) is 5.73 Å². The Morgan fingerprint density at radius 2 is 1.76 bits per heavy atom. The monoisotopic (exact) mass is 353 g/mol. The largest absolute Gasteiger partial charge is 0.370 e. The van der Waals surface area contributed by atoms with E-state index in [-0.39, 0.29) is 18.0 Å². The maximum atomic E-state index is 12.4. The summed E-state index contributed by atoms with van der Waals surface area (Å²) in [5.41, 5.74) is 5.24. The number of amides is 2. The average Bonchev–Trinajstić information content (AvgIpc) is 2.57. The van der Waals surface area contributed by atoms with Gasteiger partial charge in [0.1, 0.15) is 0 Å². The van der Waals surface area contributed by atoms with E-state index in [9.17, 15) is 4.79 Å². The van der Waals surface area contributed by atoms with E-state index in [2.05, 4.69) is 16.0 Å². The quantitative estimate of drug-likeness (QED) is 0.237. The van der Waals surface area contributed by atoms with Gasteiger partial charge in [-0.3, -0.25) is 16.1 Å². The van der Waals surface area contributed by atoms with Gasteiger partial charge in [0.25, 0.3) is 0 Å². The summed E-state index contributed by atoms with van der Waals surface area (Å²) in [6, 6.07) is -0.171. The molecule has 0 aromatic carbocycles. The fraction of sp³-hybridized carbons (Fsp3) is 0.824. The number of nitrogens with zero attached hydrogens (tertiary/aromatic N) is 1. The lowest BCUT2D eigenvalue weighted by Crippen LogP contribution is -2.48. The number of urea groups is 1. The van der Waals surface area contributed by atoms with E-state index in [1.54, 1.807) is 0 Å². The van der Waals surface area contributed by atoms with Crippen molar-refractivity contribution in [3.05, 3.63) is 0 Å². The Hall–Kier alpha value is -1.99. The van der Waals surface area contributed by atoms with Gasteiger partial charge in [0.15, 0.2) is 11.9 Å². The average molecular weight is 354 g/mol. The second-order valence-corrected chi connectivity index (χ2v) is 6.59. The molecule has 0 aromatic heterocycles. The van der Waals surface area contributed by atoms with Crippen LogP contribution in [0.5, 0.6) is 0 Å². The Bertz CT molecular complexity index is 414. The summed E-state index contributed by atoms with van der Waals surface area (Å²) in [7, 11) is 0. The molecule has 0 radical (unpaired) electrons. The predicted octanol–water partition coefficient (Wildman–Crippen LogP) is 1.92. The Kier molecular flexibility index (Phi) is 11.2. The van der Waals surface area contributed by atoms with Crippen LogP contribution in [0, 0.1) is 10.8 Å². The molecule has 0 spiro atoms. The number of carbonyl (C=O) groups is 1. The van der Waals surface area contributed by atoms with Gasteiger partial charge in [-0.2, -0.15) is 0 Å². The van der Waals surface area contributed by atoms with E-state index in [1.807, 2.05) is 4.90 Å². The molecule has 0 bridgehead atoms. The highest BCUT2D eigenvalue weighted by Gasteiger charge is 2.14. The molecule has 1 heterocycles. The maximum absolute atomic E-state index is 12.4. The third kappa shape index (κ3) is 11.2. The van der Waals surface area contributed by atoms with E-state index in [0.717, 1.165) is 71.1 Å². The topological polar surface area (TPSA) is 130 Å². The molecule has 8 heteroatoms. The molecule has 25 heavy (non-hydrogen) atoms. The van der Waals surface area contributed by atoms with Crippen LogP contribution in [0.3, 0.4) is 0 Å². The van der Waals surface area contributed by atoms with Crippen molar-refractivity contribution in [1.29, 1.82) is 10.8 Å². The van der Waals surface area contributed by atoms with Crippen molar-refractivity contribution in [1.82, 2.24) is 20.9 Å². The molecule has 144 valence electrons. The van der Waals surface area contributed by atoms with Crippen molar-refractivity contribution < 1.29 is 4.79 Å². The van der Waals surface area contributed by atoms with Crippen LogP contribution in [0.1, 0.15) is 64.2 Å². The second-order valence-electron chi connectivity index (χ2n) is 6.59. The minimum Gasteiger partial charge on any atom is -0.370 e. The zero-order valence-electron chi connectivity index (χ0n) is 15.3. The molecule has 1 rings (SSSR count). The Balaban J connectivity index is 2.31. The summed E-state index contributed by atoms with van der Waals surface area (Å²) in [6.45, 7) is 2.94. The minimum absolute atomic E-state index is 0.0165. The number of carbonyl (C=O) groups excluding carboxylic acids is 1. The summed E-state index contributed by atoms with van der Waals surface area (Å²) in [6.07, 6.45) is 10.9. The number of guanidine groups is 2. The van der Waals surface area contributed by atoms with Gasteiger partial charge in [-0.05, 0) is 25.7 Å². The first kappa shape index (κ1) is 21.1. The molecular weight excluding hydrogens is 318 g/mol. The van der Waals surface area contributed by atoms with Gasteiger partial charge in [-0.25, -0.2) is 4.79 Å². The third-order valence-corrected chi connectivity index (χ3v) is 4.35. The van der Waals surface area contributed by atoms with Crippen molar-refractivity contribution in [3.8, 4) is 0 Å². The summed E-state index contributed by atoms with van der Waals surface area (Å²) in [4.78, 5) is 14.2. The van der Waals surface area contributed by atoms with Crippen LogP contribution in [-0.2, 0) is 0 Å². The predicted molar refractivity (Wildman–Crippen MR) is 102 cm³/mol. The van der Waals surface area contributed by atoms with Crippen molar-refractivity contribution in [2.45, 2.75) is 64.2 Å². The number of hydrogen-bond acceptors (Lipinski definition) is 3. The van der Waals surface area contributed by atoms with E-state index in [0.29, 0.717) is 0 Å². The lowest BCUT2D eigenvalue weighted by molar-refractivity contribution is 0.200. The van der Waals surface area contributed by atoms with Gasteiger partial charge in [0, 0.05) is 26.2 Å². The lowest BCUT2D eigenvalue weighted by atomic mass is 10.1. The molecule has 0 atom stereocenters. The minimum atomic E-state index is -0.171. The molecule has 1 fully saturated rings. The third-order valence-electron chi connectivity index (χ3n) is 4.35. The van der Waals surface area contributed by atoms with Crippen molar-refractivity contribution >= 4 is 18.0 Å². The van der Waals surface area contributed by atoms with Crippen LogP contribution in [0.25, 0.3) is 0 Å². The molecule has 0 unspecified atom stereocenters. The standard InChI is InChI=1S/C17H35N7O/c18-15(19)21-11-7-4-6-10-14-24-13-9-5-2-1-3-8-12-22-16(20)23-17(24)25/h1-14H2,(H4,18,19,21)(H3,20,22,23,25). The zero-order chi connectivity index (χ0) is 18.3. The summed E-state index contributed by atoms with van der Waals surface area (Å²) < 4.78 is 0. The number of unbranched alkanes of at least 4 members (excludes halogenated alkanes) is 3. The van der Waals surface area contributed by atoms with Crippen molar-refractivity contribution in [3.63, 3.8) is 0 Å². The van der Waals surface area contributed by atoms with E-state index >= 15 is 0 Å². The van der Waals surface area contributed by atoms with Crippen LogP contribution >= 0.6 is 0 Å². The SMILES string of the molecule is N=C(N)NCCCCCCN1CCCCCCCCNC(=N)NC1=O. The molecule has 1 aliphatic heterocycles. The number of hydrogen-bond donors (Lipinski definition) is 6. The molecular formula is C17H35N7O. The van der Waals surface area contributed by atoms with Gasteiger partial charge < -0.3 is 21.3 Å². The maximum Gasteiger partial charge on any atom is 0.324 e. The number of rotatable bonds is 7. The molecule has 1 saturated heterocycles. The Morgan fingerprint density at radius 3 is 2.52 bits per heavy atom. The Morgan fingerprint density at radius 1 is 1.08 bits per heavy atom. The molecule has 0 aromatic rings. The van der Waals surface area contributed by atoms with Crippen LogP contribution in [0.4, 0.5) is 4.79 Å². The molecule has 0 saturated carbocycles. The van der Waals surface area contributed by atoms with Crippen LogP contribution in [0.15, 0.2) is 0 Å². The van der Waals surface area contributed by atoms with E-state index in [4.69, 9.17) is 16.6 Å². The second kappa shape index (κ2) is 13.3. The van der Waals surface area contributed by atoms with E-state index < -0.39 is 0 Å². The highest BCUT2D eigenvalue weighted by atomic mass is 16.2. The normalized spacial score (nSPS) is 17.5. The summed E-state index contributed by atoms with van der Waals surface area (Å²) in [5, 5.41) is 23.3. The fourth-order valence-electron chi connectivity index (χ4n) is 2.90. The summed E-state index contributed by atoms with van der Waals surface area (Å²) >= 11 is 0. The van der Waals surface area contributed by atoms with E-state index in [1.165, 1.54) is 19.3 Å². The summed E-state index contributed by atoms with van der Waals surface area (Å²) in [5.74, 6) is 0.118. The lowest BCUT2D eigenvalue weighted by Gasteiger charge is -2.23.